The summed E-state index contributed by atoms with van der Waals surface area (Å²) in [6.45, 7) is 1.75. The van der Waals surface area contributed by atoms with E-state index in [0.29, 0.717) is 17.2 Å². The van der Waals surface area contributed by atoms with E-state index in [1.807, 2.05) is 0 Å². The van der Waals surface area contributed by atoms with Crippen molar-refractivity contribution in [3.63, 3.8) is 0 Å². The minimum Gasteiger partial charge on any atom is -0.335 e. The summed E-state index contributed by atoms with van der Waals surface area (Å²) in [7, 11) is 0. The molecule has 1 atom stereocenters. The standard InChI is InChI=1S/C14H12F5N3O2/c1-2-11(23)21-3-4-22(10(7-21)14(17,18)19)13(24)12-9(16)5-8(15)6-20-12/h2,5-6,10H,1,3-4,7H2. The third-order valence-electron chi connectivity index (χ3n) is 3.52. The van der Waals surface area contributed by atoms with Crippen molar-refractivity contribution in [1.82, 2.24) is 14.8 Å². The van der Waals surface area contributed by atoms with Crippen molar-refractivity contribution in [3.8, 4) is 0 Å². The van der Waals surface area contributed by atoms with E-state index in [2.05, 4.69) is 11.6 Å². The number of halogens is 5. The van der Waals surface area contributed by atoms with Gasteiger partial charge in [0.25, 0.3) is 5.91 Å². The van der Waals surface area contributed by atoms with Crippen LogP contribution in [0.15, 0.2) is 24.9 Å². The van der Waals surface area contributed by atoms with Gasteiger partial charge in [-0.25, -0.2) is 13.8 Å². The van der Waals surface area contributed by atoms with Crippen LogP contribution >= 0.6 is 0 Å². The van der Waals surface area contributed by atoms with Crippen LogP contribution in [0.4, 0.5) is 22.0 Å². The maximum absolute atomic E-state index is 13.6. The quantitative estimate of drug-likeness (QED) is 0.604. The Morgan fingerprint density at radius 1 is 1.29 bits per heavy atom. The fourth-order valence-electron chi connectivity index (χ4n) is 2.34. The summed E-state index contributed by atoms with van der Waals surface area (Å²) in [5.41, 5.74) is -0.908. The van der Waals surface area contributed by atoms with Gasteiger partial charge in [-0.15, -0.1) is 0 Å². The second-order valence-corrected chi connectivity index (χ2v) is 5.03. The van der Waals surface area contributed by atoms with Gasteiger partial charge in [-0.1, -0.05) is 6.58 Å². The van der Waals surface area contributed by atoms with Gasteiger partial charge in [0.2, 0.25) is 5.91 Å². The molecule has 24 heavy (non-hydrogen) atoms. The molecule has 1 fully saturated rings. The van der Waals surface area contributed by atoms with Crippen LogP contribution in [0.25, 0.3) is 0 Å². The van der Waals surface area contributed by atoms with Gasteiger partial charge in [-0.05, 0) is 6.08 Å². The van der Waals surface area contributed by atoms with E-state index in [1.54, 1.807) is 0 Å². The molecule has 2 rings (SSSR count). The lowest BCUT2D eigenvalue weighted by atomic mass is 10.1. The first-order valence-corrected chi connectivity index (χ1v) is 6.75. The van der Waals surface area contributed by atoms with Crippen LogP contribution in [0.5, 0.6) is 0 Å². The molecule has 0 radical (unpaired) electrons. The van der Waals surface area contributed by atoms with Crippen molar-refractivity contribution < 1.29 is 31.5 Å². The zero-order valence-corrected chi connectivity index (χ0v) is 12.2. The minimum absolute atomic E-state index is 0.175. The number of carbonyl (C=O) groups is 2. The Labute approximate surface area is 133 Å². The first kappa shape index (κ1) is 17.8. The molecule has 130 valence electrons. The molecule has 10 heteroatoms. The van der Waals surface area contributed by atoms with Crippen LogP contribution < -0.4 is 0 Å². The molecule has 1 aromatic heterocycles. The fraction of sp³-hybridized carbons (Fsp3) is 0.357. The Hall–Kier alpha value is -2.52. The molecule has 0 N–H and O–H groups in total. The first-order chi connectivity index (χ1) is 11.1. The normalized spacial score (nSPS) is 18.5. The summed E-state index contributed by atoms with van der Waals surface area (Å²) in [4.78, 5) is 28.2. The topological polar surface area (TPSA) is 53.5 Å². The summed E-state index contributed by atoms with van der Waals surface area (Å²) in [6.07, 6.45) is -3.44. The minimum atomic E-state index is -4.84. The Balaban J connectivity index is 2.32. The molecule has 1 unspecified atom stereocenters. The number of hydrogen-bond donors (Lipinski definition) is 0. The molecule has 0 bridgehead atoms. The van der Waals surface area contributed by atoms with Gasteiger partial charge in [0, 0.05) is 19.2 Å². The number of pyridine rings is 1. The highest BCUT2D eigenvalue weighted by molar-refractivity contribution is 5.93. The lowest BCUT2D eigenvalue weighted by Crippen LogP contribution is -2.61. The first-order valence-electron chi connectivity index (χ1n) is 6.75. The maximum Gasteiger partial charge on any atom is 0.410 e. The van der Waals surface area contributed by atoms with Gasteiger partial charge in [-0.2, -0.15) is 13.2 Å². The lowest BCUT2D eigenvalue weighted by Gasteiger charge is -2.41. The molecule has 2 amide bonds. The third-order valence-corrected chi connectivity index (χ3v) is 3.52. The number of rotatable bonds is 2. The molecular formula is C14H12F5N3O2. The van der Waals surface area contributed by atoms with Gasteiger partial charge in [0.15, 0.2) is 11.5 Å². The highest BCUT2D eigenvalue weighted by Gasteiger charge is 2.49. The molecule has 1 aliphatic heterocycles. The predicted octanol–water partition coefficient (Wildman–Crippen LogP) is 1.76. The summed E-state index contributed by atoms with van der Waals surface area (Å²) in [6, 6.07) is -1.96. The Morgan fingerprint density at radius 3 is 2.50 bits per heavy atom. The molecule has 0 aliphatic carbocycles. The van der Waals surface area contributed by atoms with Gasteiger partial charge in [0.1, 0.15) is 11.9 Å². The smallest absolute Gasteiger partial charge is 0.335 e. The van der Waals surface area contributed by atoms with Crippen molar-refractivity contribution >= 4 is 11.8 Å². The summed E-state index contributed by atoms with van der Waals surface area (Å²) in [5, 5.41) is 0. The van der Waals surface area contributed by atoms with Crippen LogP contribution in [0.2, 0.25) is 0 Å². The lowest BCUT2D eigenvalue weighted by molar-refractivity contribution is -0.189. The monoisotopic (exact) mass is 349 g/mol. The van der Waals surface area contributed by atoms with Crippen molar-refractivity contribution in [1.29, 1.82) is 0 Å². The van der Waals surface area contributed by atoms with Gasteiger partial charge in [0.05, 0.1) is 12.7 Å². The predicted molar refractivity (Wildman–Crippen MR) is 71.8 cm³/mol. The Morgan fingerprint density at radius 2 is 1.96 bits per heavy atom. The summed E-state index contributed by atoms with van der Waals surface area (Å²) < 4.78 is 66.2. The van der Waals surface area contributed by atoms with Gasteiger partial charge >= 0.3 is 6.18 Å². The second kappa shape index (κ2) is 6.54. The van der Waals surface area contributed by atoms with Crippen LogP contribution in [0.3, 0.4) is 0 Å². The summed E-state index contributed by atoms with van der Waals surface area (Å²) >= 11 is 0. The van der Waals surface area contributed by atoms with E-state index >= 15 is 0 Å². The summed E-state index contributed by atoms with van der Waals surface area (Å²) in [5.74, 6) is -4.44. The molecule has 1 saturated heterocycles. The number of aromatic nitrogens is 1. The third kappa shape index (κ3) is 3.52. The molecule has 0 aromatic carbocycles. The number of alkyl halides is 3. The fourth-order valence-corrected chi connectivity index (χ4v) is 2.34. The van der Waals surface area contributed by atoms with Gasteiger partial charge < -0.3 is 9.80 Å². The highest BCUT2D eigenvalue weighted by atomic mass is 19.4. The molecule has 0 spiro atoms. The highest BCUT2D eigenvalue weighted by Crippen LogP contribution is 2.29. The van der Waals surface area contributed by atoms with E-state index in [-0.39, 0.29) is 6.54 Å². The van der Waals surface area contributed by atoms with Crippen molar-refractivity contribution in [2.75, 3.05) is 19.6 Å². The largest absolute Gasteiger partial charge is 0.410 e. The van der Waals surface area contributed by atoms with Crippen molar-refractivity contribution in [2.24, 2.45) is 0 Å². The average molecular weight is 349 g/mol. The number of hydrogen-bond acceptors (Lipinski definition) is 3. The molecule has 1 aromatic rings. The van der Waals surface area contributed by atoms with Crippen molar-refractivity contribution in [3.05, 3.63) is 42.2 Å². The molecule has 1 aliphatic rings. The zero-order chi connectivity index (χ0) is 18.1. The van der Waals surface area contributed by atoms with E-state index in [9.17, 15) is 31.5 Å². The number of piperazine rings is 1. The SMILES string of the molecule is C=CC(=O)N1CCN(C(=O)c2ncc(F)cc2F)C(C(F)(F)F)C1. The Bertz CT molecular complexity index is 677. The average Bonchev–Trinajstić information content (AvgIpc) is 2.52. The van der Waals surface area contributed by atoms with Crippen LogP contribution in [-0.4, -0.2) is 58.5 Å². The number of amides is 2. The van der Waals surface area contributed by atoms with Crippen molar-refractivity contribution in [2.45, 2.75) is 12.2 Å². The van der Waals surface area contributed by atoms with E-state index in [0.717, 1.165) is 11.0 Å². The second-order valence-electron chi connectivity index (χ2n) is 5.03. The molecule has 5 nitrogen and oxygen atoms in total. The van der Waals surface area contributed by atoms with E-state index < -0.39 is 54.5 Å². The maximum atomic E-state index is 13.6. The number of carbonyl (C=O) groups excluding carboxylic acids is 2. The van der Waals surface area contributed by atoms with Crippen LogP contribution in [0, 0.1) is 11.6 Å². The molecular weight excluding hydrogens is 337 g/mol. The van der Waals surface area contributed by atoms with E-state index in [4.69, 9.17) is 0 Å². The number of nitrogens with zero attached hydrogens (tertiary/aromatic N) is 3. The van der Waals surface area contributed by atoms with Crippen LogP contribution in [0.1, 0.15) is 10.5 Å². The molecule has 0 saturated carbocycles. The van der Waals surface area contributed by atoms with Gasteiger partial charge in [-0.3, -0.25) is 9.59 Å². The Kier molecular flexibility index (Phi) is 4.86. The molecule has 2 heterocycles. The zero-order valence-electron chi connectivity index (χ0n) is 12.2. The van der Waals surface area contributed by atoms with E-state index in [1.165, 1.54) is 0 Å². The van der Waals surface area contributed by atoms with Crippen LogP contribution in [-0.2, 0) is 4.79 Å².